The molecule has 0 radical (unpaired) electrons. The van der Waals surface area contributed by atoms with E-state index >= 15 is 0 Å². The number of likely N-dealkylation sites (tertiary alicyclic amines) is 1. The smallest absolute Gasteiger partial charge is 0.317 e. The molecule has 4 fully saturated rings. The third-order valence-electron chi connectivity index (χ3n) is 6.24. The van der Waals surface area contributed by atoms with Crippen molar-refractivity contribution in [2.45, 2.75) is 51.2 Å². The van der Waals surface area contributed by atoms with Crippen molar-refractivity contribution >= 4 is 6.03 Å². The number of nitrogens with zero attached hydrogens (tertiary/aromatic N) is 1. The highest BCUT2D eigenvalue weighted by Gasteiger charge is 2.53. The summed E-state index contributed by atoms with van der Waals surface area (Å²) in [6, 6.07) is 0.109. The third-order valence-corrected chi connectivity index (χ3v) is 6.24. The molecule has 5 nitrogen and oxygen atoms in total. The molecule has 4 aliphatic rings. The first-order valence-electron chi connectivity index (χ1n) is 8.92. The van der Waals surface area contributed by atoms with Gasteiger partial charge in [0.25, 0.3) is 0 Å². The number of piperidine rings is 1. The van der Waals surface area contributed by atoms with Crippen molar-refractivity contribution < 1.29 is 14.3 Å². The average molecular weight is 308 g/mol. The van der Waals surface area contributed by atoms with Gasteiger partial charge >= 0.3 is 6.03 Å². The van der Waals surface area contributed by atoms with E-state index in [9.17, 15) is 4.79 Å². The maximum Gasteiger partial charge on any atom is 0.317 e. The summed E-state index contributed by atoms with van der Waals surface area (Å²) in [6.07, 6.45) is 7.46. The Morgan fingerprint density at radius 1 is 1.18 bits per heavy atom. The maximum absolute atomic E-state index is 12.5. The molecule has 0 aromatic heterocycles. The first kappa shape index (κ1) is 14.8. The van der Waals surface area contributed by atoms with Crippen molar-refractivity contribution in [2.75, 3.05) is 32.8 Å². The third kappa shape index (κ3) is 2.73. The van der Waals surface area contributed by atoms with E-state index in [1.54, 1.807) is 0 Å². The zero-order valence-corrected chi connectivity index (χ0v) is 13.6. The van der Waals surface area contributed by atoms with Gasteiger partial charge in [-0.15, -0.1) is 0 Å². The average Bonchev–Trinajstić information content (AvgIpc) is 3.44. The highest BCUT2D eigenvalue weighted by atomic mass is 16.7. The molecule has 0 spiro atoms. The summed E-state index contributed by atoms with van der Waals surface area (Å²) in [5.41, 5.74) is 0.467. The van der Waals surface area contributed by atoms with E-state index in [0.717, 1.165) is 38.4 Å². The lowest BCUT2D eigenvalue weighted by atomic mass is 9.90. The Balaban J connectivity index is 1.30. The molecule has 0 bridgehead atoms. The van der Waals surface area contributed by atoms with Crippen molar-refractivity contribution in [3.8, 4) is 0 Å². The van der Waals surface area contributed by atoms with Crippen LogP contribution >= 0.6 is 0 Å². The minimum absolute atomic E-state index is 0.109. The second kappa shape index (κ2) is 5.38. The lowest BCUT2D eigenvalue weighted by Gasteiger charge is -2.40. The molecular weight excluding hydrogens is 280 g/mol. The monoisotopic (exact) mass is 308 g/mol. The number of rotatable bonds is 4. The topological polar surface area (TPSA) is 50.8 Å². The number of nitrogens with one attached hydrogen (secondary N) is 1. The van der Waals surface area contributed by atoms with Crippen LogP contribution in [-0.4, -0.2) is 49.6 Å². The second-order valence-corrected chi connectivity index (χ2v) is 7.79. The summed E-state index contributed by atoms with van der Waals surface area (Å²) < 4.78 is 11.6. The number of ether oxygens (including phenoxy) is 2. The Kier molecular flexibility index (Phi) is 3.61. The zero-order valence-electron chi connectivity index (χ0n) is 13.6. The minimum atomic E-state index is -0.495. The molecule has 5 heteroatoms. The summed E-state index contributed by atoms with van der Waals surface area (Å²) >= 11 is 0. The number of carbonyl (C=O) groups excluding carboxylic acids is 1. The Morgan fingerprint density at radius 3 is 2.55 bits per heavy atom. The molecule has 2 heterocycles. The van der Waals surface area contributed by atoms with Gasteiger partial charge in [-0.1, -0.05) is 0 Å². The molecule has 2 aliphatic carbocycles. The van der Waals surface area contributed by atoms with Gasteiger partial charge in [0.2, 0.25) is 0 Å². The molecule has 2 saturated carbocycles. The van der Waals surface area contributed by atoms with Gasteiger partial charge in [-0.05, 0) is 56.8 Å². The fourth-order valence-electron chi connectivity index (χ4n) is 4.30. The number of hydrogen-bond donors (Lipinski definition) is 1. The van der Waals surface area contributed by atoms with Crippen LogP contribution in [0.5, 0.6) is 0 Å². The number of carbonyl (C=O) groups is 1. The van der Waals surface area contributed by atoms with Gasteiger partial charge in [0.1, 0.15) is 0 Å². The van der Waals surface area contributed by atoms with Crippen LogP contribution in [-0.2, 0) is 9.47 Å². The van der Waals surface area contributed by atoms with Crippen LogP contribution in [0, 0.1) is 17.3 Å². The standard InChI is InChI=1S/C17H28N2O3/c1-16(21-9-10-22-16)14-3-2-8-19(11-14)15(20)18-12-17(6-7-17)13-4-5-13/h13-14H,2-12H2,1H3,(H,18,20)/t14-/m0/s1. The molecule has 4 rings (SSSR count). The van der Waals surface area contributed by atoms with Gasteiger partial charge in [-0.25, -0.2) is 4.79 Å². The molecule has 0 aromatic rings. The first-order valence-corrected chi connectivity index (χ1v) is 8.92. The number of hydrogen-bond acceptors (Lipinski definition) is 3. The van der Waals surface area contributed by atoms with Gasteiger partial charge < -0.3 is 19.7 Å². The highest BCUT2D eigenvalue weighted by molar-refractivity contribution is 5.74. The first-order chi connectivity index (χ1) is 10.6. The van der Waals surface area contributed by atoms with Crippen LogP contribution < -0.4 is 5.32 Å². The van der Waals surface area contributed by atoms with Crippen molar-refractivity contribution in [3.63, 3.8) is 0 Å². The van der Waals surface area contributed by atoms with Crippen molar-refractivity contribution in [3.05, 3.63) is 0 Å². The van der Waals surface area contributed by atoms with E-state index < -0.39 is 5.79 Å². The van der Waals surface area contributed by atoms with E-state index in [4.69, 9.17) is 9.47 Å². The van der Waals surface area contributed by atoms with Gasteiger partial charge in [0, 0.05) is 25.6 Å². The van der Waals surface area contributed by atoms with Crippen LogP contribution in [0.1, 0.15) is 45.4 Å². The Bertz CT molecular complexity index is 439. The quantitative estimate of drug-likeness (QED) is 0.867. The molecule has 1 atom stereocenters. The molecule has 2 aliphatic heterocycles. The summed E-state index contributed by atoms with van der Waals surface area (Å²) in [6.45, 7) is 5.85. The van der Waals surface area contributed by atoms with E-state index in [-0.39, 0.29) is 11.9 Å². The van der Waals surface area contributed by atoms with Crippen LogP contribution in [0.3, 0.4) is 0 Å². The molecule has 0 unspecified atom stereocenters. The van der Waals surface area contributed by atoms with E-state index in [2.05, 4.69) is 5.32 Å². The summed E-state index contributed by atoms with van der Waals surface area (Å²) in [5, 5.41) is 3.21. The summed E-state index contributed by atoms with van der Waals surface area (Å²) in [5.74, 6) is 0.680. The van der Waals surface area contributed by atoms with E-state index in [1.807, 2.05) is 11.8 Å². The second-order valence-electron chi connectivity index (χ2n) is 7.79. The van der Waals surface area contributed by atoms with Crippen LogP contribution in [0.15, 0.2) is 0 Å². The SMILES string of the molecule is CC1([C@H]2CCCN(C(=O)NCC3(C4CC4)CC3)C2)OCCO1. The Morgan fingerprint density at radius 2 is 1.91 bits per heavy atom. The number of amides is 2. The molecule has 2 saturated heterocycles. The highest BCUT2D eigenvalue weighted by Crippen LogP contribution is 2.60. The van der Waals surface area contributed by atoms with E-state index in [0.29, 0.717) is 18.6 Å². The summed E-state index contributed by atoms with van der Waals surface area (Å²) in [4.78, 5) is 14.5. The van der Waals surface area contributed by atoms with Crippen molar-refractivity contribution in [1.82, 2.24) is 10.2 Å². The lowest BCUT2D eigenvalue weighted by Crippen LogP contribution is -2.52. The van der Waals surface area contributed by atoms with Gasteiger partial charge in [0.05, 0.1) is 13.2 Å². The number of urea groups is 1. The molecule has 0 aromatic carbocycles. The molecule has 2 amide bonds. The predicted octanol–water partition coefficient (Wildman–Crippen LogP) is 2.36. The van der Waals surface area contributed by atoms with Crippen LogP contribution in [0.4, 0.5) is 4.79 Å². The molecule has 22 heavy (non-hydrogen) atoms. The van der Waals surface area contributed by atoms with E-state index in [1.165, 1.54) is 25.7 Å². The molecular formula is C17H28N2O3. The fraction of sp³-hybridized carbons (Fsp3) is 0.941. The minimum Gasteiger partial charge on any atom is -0.347 e. The fourth-order valence-corrected chi connectivity index (χ4v) is 4.30. The molecule has 1 N–H and O–H groups in total. The van der Waals surface area contributed by atoms with Gasteiger partial charge in [-0.3, -0.25) is 0 Å². The Hall–Kier alpha value is -0.810. The van der Waals surface area contributed by atoms with Crippen molar-refractivity contribution in [1.29, 1.82) is 0 Å². The lowest BCUT2D eigenvalue weighted by molar-refractivity contribution is -0.189. The molecule has 124 valence electrons. The maximum atomic E-state index is 12.5. The largest absolute Gasteiger partial charge is 0.347 e. The van der Waals surface area contributed by atoms with Gasteiger partial charge in [0.15, 0.2) is 5.79 Å². The van der Waals surface area contributed by atoms with Crippen molar-refractivity contribution in [2.24, 2.45) is 17.3 Å². The van der Waals surface area contributed by atoms with Gasteiger partial charge in [-0.2, -0.15) is 0 Å². The predicted molar refractivity (Wildman–Crippen MR) is 82.4 cm³/mol. The normalized spacial score (nSPS) is 32.8. The Labute approximate surface area is 132 Å². The van der Waals surface area contributed by atoms with Crippen LogP contribution in [0.2, 0.25) is 0 Å². The summed E-state index contributed by atoms with van der Waals surface area (Å²) in [7, 11) is 0. The van der Waals surface area contributed by atoms with Crippen LogP contribution in [0.25, 0.3) is 0 Å². The zero-order chi connectivity index (χ0) is 15.2.